The van der Waals surface area contributed by atoms with Crippen molar-refractivity contribution in [1.29, 1.82) is 5.26 Å². The summed E-state index contributed by atoms with van der Waals surface area (Å²) in [6.07, 6.45) is 0. The van der Waals surface area contributed by atoms with Crippen molar-refractivity contribution < 1.29 is 0 Å². The minimum absolute atomic E-state index is 0. The van der Waals surface area contributed by atoms with Gasteiger partial charge in [-0.25, -0.2) is 0 Å². The Kier molecular flexibility index (Phi) is 11.4. The quantitative estimate of drug-likeness (QED) is 0.387. The molecule has 0 atom stereocenters. The van der Waals surface area contributed by atoms with Crippen LogP contribution in [0.3, 0.4) is 0 Å². The van der Waals surface area contributed by atoms with Crippen LogP contribution in [0.25, 0.3) is 0 Å². The van der Waals surface area contributed by atoms with Crippen molar-refractivity contribution in [1.82, 2.24) is 15.5 Å². The molecule has 0 bridgehead atoms. The summed E-state index contributed by atoms with van der Waals surface area (Å²) in [6.45, 7) is 11.4. The lowest BCUT2D eigenvalue weighted by atomic mass is 10.1. The fourth-order valence-corrected chi connectivity index (χ4v) is 2.52. The summed E-state index contributed by atoms with van der Waals surface area (Å²) in [5, 5.41) is 15.4. The summed E-state index contributed by atoms with van der Waals surface area (Å²) in [5.41, 5.74) is 1.80. The third kappa shape index (κ3) is 7.97. The highest BCUT2D eigenvalue weighted by molar-refractivity contribution is 14.0. The zero-order valence-electron chi connectivity index (χ0n) is 15.3. The number of benzene rings is 1. The first-order valence-electron chi connectivity index (χ1n) is 8.17. The van der Waals surface area contributed by atoms with E-state index in [1.165, 1.54) is 0 Å². The minimum atomic E-state index is 0. The molecule has 0 aliphatic rings. The maximum atomic E-state index is 8.81. The topological polar surface area (TPSA) is 63.5 Å². The summed E-state index contributed by atoms with van der Waals surface area (Å²) < 4.78 is 0. The summed E-state index contributed by atoms with van der Waals surface area (Å²) in [5.74, 6) is 0.793. The van der Waals surface area contributed by atoms with Crippen LogP contribution >= 0.6 is 24.0 Å². The van der Waals surface area contributed by atoms with Crippen LogP contribution in [0, 0.1) is 11.3 Å². The van der Waals surface area contributed by atoms with Gasteiger partial charge in [-0.15, -0.1) is 24.0 Å². The maximum Gasteiger partial charge on any atom is 0.191 e. The van der Waals surface area contributed by atoms with Crippen LogP contribution in [0.5, 0.6) is 0 Å². The maximum absolute atomic E-state index is 8.81. The monoisotopic (exact) mass is 443 g/mol. The largest absolute Gasteiger partial charge is 0.355 e. The Morgan fingerprint density at radius 3 is 2.17 bits per heavy atom. The average Bonchev–Trinajstić information content (AvgIpc) is 2.54. The molecular weight excluding hydrogens is 413 g/mol. The molecule has 0 aliphatic heterocycles. The van der Waals surface area contributed by atoms with Gasteiger partial charge >= 0.3 is 0 Å². The van der Waals surface area contributed by atoms with Gasteiger partial charge in [-0.2, -0.15) is 5.26 Å². The summed E-state index contributed by atoms with van der Waals surface area (Å²) in [4.78, 5) is 6.69. The molecule has 0 heterocycles. The van der Waals surface area contributed by atoms with E-state index in [1.54, 1.807) is 7.05 Å². The molecular formula is C18H30IN5. The molecule has 1 aromatic carbocycles. The number of nitriles is 1. The predicted octanol–water partition coefficient (Wildman–Crippen LogP) is 2.96. The Morgan fingerprint density at radius 1 is 1.12 bits per heavy atom. The second-order valence-corrected chi connectivity index (χ2v) is 6.09. The van der Waals surface area contributed by atoms with E-state index < -0.39 is 0 Å². The van der Waals surface area contributed by atoms with E-state index in [0.29, 0.717) is 24.2 Å². The van der Waals surface area contributed by atoms with Crippen LogP contribution in [-0.4, -0.2) is 43.1 Å². The van der Waals surface area contributed by atoms with Gasteiger partial charge in [0.2, 0.25) is 0 Å². The number of halogens is 1. The van der Waals surface area contributed by atoms with E-state index in [-0.39, 0.29) is 24.0 Å². The van der Waals surface area contributed by atoms with E-state index in [9.17, 15) is 0 Å². The molecule has 134 valence electrons. The van der Waals surface area contributed by atoms with Crippen LogP contribution in [0.4, 0.5) is 0 Å². The molecule has 0 unspecified atom stereocenters. The van der Waals surface area contributed by atoms with Crippen molar-refractivity contribution in [3.05, 3.63) is 35.4 Å². The number of rotatable bonds is 7. The highest BCUT2D eigenvalue weighted by atomic mass is 127. The third-order valence-corrected chi connectivity index (χ3v) is 3.76. The zero-order valence-corrected chi connectivity index (χ0v) is 17.7. The highest BCUT2D eigenvalue weighted by Gasteiger charge is 2.12. The van der Waals surface area contributed by atoms with Crippen LogP contribution < -0.4 is 10.6 Å². The Labute approximate surface area is 163 Å². The normalized spacial score (nSPS) is 11.4. The fraction of sp³-hybridized carbons (Fsp3) is 0.556. The van der Waals surface area contributed by atoms with Gasteiger partial charge in [0.05, 0.1) is 11.6 Å². The van der Waals surface area contributed by atoms with Crippen molar-refractivity contribution in [3.63, 3.8) is 0 Å². The van der Waals surface area contributed by atoms with Crippen LogP contribution in [0.15, 0.2) is 29.3 Å². The molecule has 6 heteroatoms. The first kappa shape index (κ1) is 22.7. The van der Waals surface area contributed by atoms with E-state index in [1.807, 2.05) is 24.3 Å². The van der Waals surface area contributed by atoms with Gasteiger partial charge in [0.1, 0.15) is 0 Å². The second kappa shape index (κ2) is 12.1. The van der Waals surface area contributed by atoms with Crippen molar-refractivity contribution in [3.8, 4) is 6.07 Å². The Bertz CT molecular complexity index is 523. The van der Waals surface area contributed by atoms with Crippen LogP contribution in [0.2, 0.25) is 0 Å². The lowest BCUT2D eigenvalue weighted by Gasteiger charge is -2.30. The summed E-state index contributed by atoms with van der Waals surface area (Å²) in [6, 6.07) is 10.8. The van der Waals surface area contributed by atoms with Crippen molar-refractivity contribution in [2.75, 3.05) is 20.1 Å². The first-order valence-corrected chi connectivity index (χ1v) is 8.17. The van der Waals surface area contributed by atoms with E-state index >= 15 is 0 Å². The molecule has 0 saturated heterocycles. The fourth-order valence-electron chi connectivity index (χ4n) is 2.52. The molecule has 24 heavy (non-hydrogen) atoms. The molecule has 5 nitrogen and oxygen atoms in total. The predicted molar refractivity (Wildman–Crippen MR) is 112 cm³/mol. The number of hydrogen-bond donors (Lipinski definition) is 2. The lowest BCUT2D eigenvalue weighted by molar-refractivity contribution is 0.178. The Balaban J connectivity index is 0.00000529. The molecule has 0 radical (unpaired) electrons. The zero-order chi connectivity index (χ0) is 17.2. The molecule has 1 rings (SSSR count). The van der Waals surface area contributed by atoms with Gasteiger partial charge in [-0.3, -0.25) is 9.89 Å². The second-order valence-electron chi connectivity index (χ2n) is 6.09. The lowest BCUT2D eigenvalue weighted by Crippen LogP contribution is -2.45. The molecule has 0 spiro atoms. The van der Waals surface area contributed by atoms with Crippen molar-refractivity contribution in [2.45, 2.75) is 46.3 Å². The van der Waals surface area contributed by atoms with Gasteiger partial charge in [0.15, 0.2) is 5.96 Å². The van der Waals surface area contributed by atoms with Crippen LogP contribution in [0.1, 0.15) is 38.8 Å². The smallest absolute Gasteiger partial charge is 0.191 e. The van der Waals surface area contributed by atoms with Gasteiger partial charge in [0.25, 0.3) is 0 Å². The standard InChI is InChI=1S/C18H29N5.HI/c1-14(2)23(15(3)4)11-10-21-18(20-5)22-13-17-8-6-16(12-19)7-9-17;/h6-9,14-15H,10-11,13H2,1-5H3,(H2,20,21,22);1H. The number of hydrogen-bond acceptors (Lipinski definition) is 3. The SMILES string of the molecule is CN=C(NCCN(C(C)C)C(C)C)NCc1ccc(C#N)cc1.I. The highest BCUT2D eigenvalue weighted by Crippen LogP contribution is 2.04. The number of guanidine groups is 1. The third-order valence-electron chi connectivity index (χ3n) is 3.76. The Morgan fingerprint density at radius 2 is 1.71 bits per heavy atom. The number of nitrogens with one attached hydrogen (secondary N) is 2. The molecule has 0 aliphatic carbocycles. The van der Waals surface area contributed by atoms with Gasteiger partial charge in [-0.1, -0.05) is 12.1 Å². The van der Waals surface area contributed by atoms with Crippen LogP contribution in [-0.2, 0) is 6.54 Å². The Hall–Kier alpha value is -1.33. The van der Waals surface area contributed by atoms with Crippen molar-refractivity contribution in [2.24, 2.45) is 4.99 Å². The molecule has 1 aromatic rings. The molecule has 0 aromatic heterocycles. The average molecular weight is 443 g/mol. The van der Waals surface area contributed by atoms with E-state index in [2.05, 4.69) is 54.3 Å². The van der Waals surface area contributed by atoms with E-state index in [0.717, 1.165) is 24.6 Å². The summed E-state index contributed by atoms with van der Waals surface area (Å²) in [7, 11) is 1.77. The molecule has 0 saturated carbocycles. The molecule has 2 N–H and O–H groups in total. The molecule has 0 fully saturated rings. The minimum Gasteiger partial charge on any atom is -0.355 e. The number of nitrogens with zero attached hydrogens (tertiary/aromatic N) is 3. The van der Waals surface area contributed by atoms with Crippen molar-refractivity contribution >= 4 is 29.9 Å². The van der Waals surface area contributed by atoms with Gasteiger partial charge in [0, 0.05) is 38.8 Å². The number of aliphatic imine (C=N–C) groups is 1. The van der Waals surface area contributed by atoms with Gasteiger partial charge < -0.3 is 10.6 Å². The van der Waals surface area contributed by atoms with E-state index in [4.69, 9.17) is 5.26 Å². The molecule has 0 amide bonds. The van der Waals surface area contributed by atoms with Gasteiger partial charge in [-0.05, 0) is 45.4 Å². The first-order chi connectivity index (χ1) is 11.0. The summed E-state index contributed by atoms with van der Waals surface area (Å²) >= 11 is 0.